The van der Waals surface area contributed by atoms with E-state index in [1.807, 2.05) is 0 Å². The van der Waals surface area contributed by atoms with Gasteiger partial charge < -0.3 is 5.32 Å². The van der Waals surface area contributed by atoms with Gasteiger partial charge in [0, 0.05) is 4.90 Å². The van der Waals surface area contributed by atoms with Crippen LogP contribution >= 0.6 is 11.8 Å². The summed E-state index contributed by atoms with van der Waals surface area (Å²) in [7, 11) is 0. The van der Waals surface area contributed by atoms with Gasteiger partial charge in [0.1, 0.15) is 0 Å². The smallest absolute Gasteiger partial charge is 0.234 e. The molecule has 1 aliphatic heterocycles. The van der Waals surface area contributed by atoms with Gasteiger partial charge in [-0.1, -0.05) is 13.0 Å². The predicted molar refractivity (Wildman–Crippen MR) is 55.2 cm³/mol. The summed E-state index contributed by atoms with van der Waals surface area (Å²) < 4.78 is 0. The monoisotopic (exact) mass is 193 g/mol. The lowest BCUT2D eigenvalue weighted by molar-refractivity contribution is -0.113. The summed E-state index contributed by atoms with van der Waals surface area (Å²) in [6.07, 6.45) is 1.01. The van der Waals surface area contributed by atoms with Crippen LogP contribution in [0, 0.1) is 0 Å². The first-order valence-corrected chi connectivity index (χ1v) is 5.33. The Morgan fingerprint density at radius 3 is 3.15 bits per heavy atom. The van der Waals surface area contributed by atoms with Gasteiger partial charge in [-0.25, -0.2) is 0 Å². The first-order valence-electron chi connectivity index (χ1n) is 4.35. The van der Waals surface area contributed by atoms with Crippen LogP contribution in [0.5, 0.6) is 0 Å². The molecule has 0 radical (unpaired) electrons. The fourth-order valence-electron chi connectivity index (χ4n) is 1.35. The summed E-state index contributed by atoms with van der Waals surface area (Å²) in [5, 5.41) is 2.87. The zero-order chi connectivity index (χ0) is 9.26. The molecule has 0 spiro atoms. The van der Waals surface area contributed by atoms with Crippen molar-refractivity contribution >= 4 is 23.4 Å². The standard InChI is InChI=1S/C10H11NOS/c1-2-7-3-4-9-8(5-7)11-10(12)6-13-9/h3-5H,2,6H2,1H3,(H,11,12). The summed E-state index contributed by atoms with van der Waals surface area (Å²) in [5.41, 5.74) is 2.24. The van der Waals surface area contributed by atoms with E-state index in [2.05, 4.69) is 30.4 Å². The Morgan fingerprint density at radius 2 is 2.38 bits per heavy atom. The van der Waals surface area contributed by atoms with Gasteiger partial charge >= 0.3 is 0 Å². The van der Waals surface area contributed by atoms with E-state index in [1.165, 1.54) is 10.5 Å². The third-order valence-electron chi connectivity index (χ3n) is 2.09. The number of fused-ring (bicyclic) bond motifs is 1. The van der Waals surface area contributed by atoms with Crippen LogP contribution in [-0.4, -0.2) is 11.7 Å². The summed E-state index contributed by atoms with van der Waals surface area (Å²) in [6.45, 7) is 2.11. The van der Waals surface area contributed by atoms with Gasteiger partial charge in [0.25, 0.3) is 0 Å². The van der Waals surface area contributed by atoms with E-state index in [0.717, 1.165) is 12.1 Å². The molecule has 1 aromatic carbocycles. The summed E-state index contributed by atoms with van der Waals surface area (Å²) in [5.74, 6) is 0.643. The molecule has 0 aromatic heterocycles. The topological polar surface area (TPSA) is 29.1 Å². The molecule has 0 saturated carbocycles. The summed E-state index contributed by atoms with van der Waals surface area (Å²) >= 11 is 1.60. The van der Waals surface area contributed by atoms with Crippen LogP contribution < -0.4 is 5.32 Å². The molecule has 0 bridgehead atoms. The minimum Gasteiger partial charge on any atom is -0.324 e. The minimum atomic E-state index is 0.103. The van der Waals surface area contributed by atoms with Gasteiger partial charge in [-0.3, -0.25) is 4.79 Å². The van der Waals surface area contributed by atoms with Gasteiger partial charge in [-0.15, -0.1) is 11.8 Å². The van der Waals surface area contributed by atoms with Gasteiger partial charge in [-0.2, -0.15) is 0 Å². The number of hydrogen-bond donors (Lipinski definition) is 1. The van der Waals surface area contributed by atoms with Crippen LogP contribution in [0.3, 0.4) is 0 Å². The molecule has 1 aliphatic rings. The number of thioether (sulfide) groups is 1. The first-order chi connectivity index (χ1) is 6.29. The molecule has 0 atom stereocenters. The van der Waals surface area contributed by atoms with Crippen molar-refractivity contribution in [3.05, 3.63) is 23.8 Å². The maximum absolute atomic E-state index is 11.1. The minimum absolute atomic E-state index is 0.103. The van der Waals surface area contributed by atoms with Crippen molar-refractivity contribution in [3.63, 3.8) is 0 Å². The zero-order valence-electron chi connectivity index (χ0n) is 7.46. The van der Waals surface area contributed by atoms with Crippen LogP contribution in [-0.2, 0) is 11.2 Å². The van der Waals surface area contributed by atoms with E-state index in [4.69, 9.17) is 0 Å². The molecule has 13 heavy (non-hydrogen) atoms. The summed E-state index contributed by atoms with van der Waals surface area (Å²) in [4.78, 5) is 12.3. The van der Waals surface area contributed by atoms with E-state index < -0.39 is 0 Å². The number of aryl methyl sites for hydroxylation is 1. The lowest BCUT2D eigenvalue weighted by Gasteiger charge is -2.16. The lowest BCUT2D eigenvalue weighted by atomic mass is 10.1. The Kier molecular flexibility index (Phi) is 2.27. The summed E-state index contributed by atoms with van der Waals surface area (Å²) in [6, 6.07) is 6.25. The number of carbonyl (C=O) groups excluding carboxylic acids is 1. The van der Waals surface area contributed by atoms with Crippen LogP contribution in [0.2, 0.25) is 0 Å². The molecule has 0 unspecified atom stereocenters. The first kappa shape index (κ1) is 8.63. The van der Waals surface area contributed by atoms with Crippen molar-refractivity contribution in [2.24, 2.45) is 0 Å². The Bertz CT molecular complexity index is 349. The predicted octanol–water partition coefficient (Wildman–Crippen LogP) is 2.29. The molecule has 3 heteroatoms. The maximum Gasteiger partial charge on any atom is 0.234 e. The highest BCUT2D eigenvalue weighted by Crippen LogP contribution is 2.31. The highest BCUT2D eigenvalue weighted by atomic mass is 32.2. The number of benzene rings is 1. The van der Waals surface area contributed by atoms with Crippen molar-refractivity contribution in [1.29, 1.82) is 0 Å². The second kappa shape index (κ2) is 3.42. The number of rotatable bonds is 1. The van der Waals surface area contributed by atoms with Gasteiger partial charge in [-0.05, 0) is 24.1 Å². The molecule has 2 rings (SSSR count). The fraction of sp³-hybridized carbons (Fsp3) is 0.300. The van der Waals surface area contributed by atoms with E-state index in [-0.39, 0.29) is 5.91 Å². The van der Waals surface area contributed by atoms with E-state index >= 15 is 0 Å². The van der Waals surface area contributed by atoms with E-state index in [1.54, 1.807) is 11.8 Å². The molecule has 1 N–H and O–H groups in total. The average molecular weight is 193 g/mol. The fourth-order valence-corrected chi connectivity index (χ4v) is 2.14. The Hall–Kier alpha value is -0.960. The molecule has 1 aromatic rings. The SMILES string of the molecule is CCc1ccc2c(c1)NC(=O)CS2. The van der Waals surface area contributed by atoms with Gasteiger partial charge in [0.2, 0.25) is 5.91 Å². The van der Waals surface area contributed by atoms with E-state index in [0.29, 0.717) is 5.75 Å². The van der Waals surface area contributed by atoms with Crippen molar-refractivity contribution in [3.8, 4) is 0 Å². The molecule has 1 amide bonds. The van der Waals surface area contributed by atoms with Crippen LogP contribution in [0.25, 0.3) is 0 Å². The van der Waals surface area contributed by atoms with Crippen LogP contribution in [0.4, 0.5) is 5.69 Å². The van der Waals surface area contributed by atoms with Gasteiger partial charge in [0.05, 0.1) is 11.4 Å². The molecule has 1 heterocycles. The highest BCUT2D eigenvalue weighted by Gasteiger charge is 2.14. The second-order valence-electron chi connectivity index (χ2n) is 3.02. The third-order valence-corrected chi connectivity index (χ3v) is 3.16. The molecule has 0 fully saturated rings. The number of hydrogen-bond acceptors (Lipinski definition) is 2. The largest absolute Gasteiger partial charge is 0.324 e. The Labute approximate surface area is 81.7 Å². The van der Waals surface area contributed by atoms with Crippen molar-refractivity contribution in [2.45, 2.75) is 18.2 Å². The number of carbonyl (C=O) groups is 1. The second-order valence-corrected chi connectivity index (χ2v) is 4.04. The molecular formula is C10H11NOS. The van der Waals surface area contributed by atoms with Crippen molar-refractivity contribution in [2.75, 3.05) is 11.1 Å². The molecular weight excluding hydrogens is 182 g/mol. The van der Waals surface area contributed by atoms with Crippen LogP contribution in [0.1, 0.15) is 12.5 Å². The number of nitrogens with one attached hydrogen (secondary N) is 1. The van der Waals surface area contributed by atoms with Crippen molar-refractivity contribution < 1.29 is 4.79 Å². The molecule has 0 saturated heterocycles. The Morgan fingerprint density at radius 1 is 1.54 bits per heavy atom. The van der Waals surface area contributed by atoms with E-state index in [9.17, 15) is 4.79 Å². The maximum atomic E-state index is 11.1. The normalized spacial score (nSPS) is 15.0. The van der Waals surface area contributed by atoms with Crippen molar-refractivity contribution in [1.82, 2.24) is 0 Å². The molecule has 2 nitrogen and oxygen atoms in total. The average Bonchev–Trinajstić information content (AvgIpc) is 2.16. The van der Waals surface area contributed by atoms with Gasteiger partial charge in [0.15, 0.2) is 0 Å². The number of anilines is 1. The lowest BCUT2D eigenvalue weighted by Crippen LogP contribution is -2.18. The number of amides is 1. The van der Waals surface area contributed by atoms with Crippen LogP contribution in [0.15, 0.2) is 23.1 Å². The highest BCUT2D eigenvalue weighted by molar-refractivity contribution is 8.00. The zero-order valence-corrected chi connectivity index (χ0v) is 8.28. The Balaban J connectivity index is 2.38. The molecule has 0 aliphatic carbocycles. The quantitative estimate of drug-likeness (QED) is 0.741. The third kappa shape index (κ3) is 1.70. The molecule has 68 valence electrons.